The summed E-state index contributed by atoms with van der Waals surface area (Å²) in [6.45, 7) is 2.25. The van der Waals surface area contributed by atoms with E-state index >= 15 is 0 Å². The van der Waals surface area contributed by atoms with Gasteiger partial charge in [0, 0.05) is 39.0 Å². The predicted molar refractivity (Wildman–Crippen MR) is 90.9 cm³/mol. The standard InChI is InChI=1S/C19H29NO3/c1-20-11-10-18(15-6-5-7-17(12-15)21-2)14-19(22-3,23-4)9-8-16(18)13-20/h5-7,12,16H,8-11,13-14H2,1-4H3/t16-,18+/m0/s1. The van der Waals surface area contributed by atoms with Crippen molar-refractivity contribution in [3.63, 3.8) is 0 Å². The fraction of sp³-hybridized carbons (Fsp3) is 0.684. The van der Waals surface area contributed by atoms with Crippen molar-refractivity contribution < 1.29 is 14.2 Å². The van der Waals surface area contributed by atoms with Crippen LogP contribution in [0.2, 0.25) is 0 Å². The number of hydrogen-bond donors (Lipinski definition) is 0. The lowest BCUT2D eigenvalue weighted by molar-refractivity contribution is -0.246. The number of likely N-dealkylation sites (tertiary alicyclic amines) is 1. The van der Waals surface area contributed by atoms with Gasteiger partial charge in [-0.3, -0.25) is 0 Å². The van der Waals surface area contributed by atoms with Crippen LogP contribution in [0, 0.1) is 5.92 Å². The van der Waals surface area contributed by atoms with Gasteiger partial charge in [0.15, 0.2) is 5.79 Å². The van der Waals surface area contributed by atoms with Crippen molar-refractivity contribution in [3.8, 4) is 5.75 Å². The molecule has 1 saturated heterocycles. The number of nitrogens with zero attached hydrogens (tertiary/aromatic N) is 1. The molecule has 2 fully saturated rings. The first kappa shape index (κ1) is 16.7. The van der Waals surface area contributed by atoms with Crippen molar-refractivity contribution in [1.82, 2.24) is 4.90 Å². The van der Waals surface area contributed by atoms with E-state index in [2.05, 4.69) is 30.1 Å². The quantitative estimate of drug-likeness (QED) is 0.798. The zero-order valence-electron chi connectivity index (χ0n) is 14.8. The van der Waals surface area contributed by atoms with Gasteiger partial charge >= 0.3 is 0 Å². The van der Waals surface area contributed by atoms with Crippen LogP contribution in [0.1, 0.15) is 31.2 Å². The molecular weight excluding hydrogens is 290 g/mol. The molecule has 0 unspecified atom stereocenters. The summed E-state index contributed by atoms with van der Waals surface area (Å²) in [5.41, 5.74) is 1.47. The van der Waals surface area contributed by atoms with E-state index in [1.807, 2.05) is 6.07 Å². The fourth-order valence-electron chi connectivity index (χ4n) is 4.65. The molecular formula is C19H29NO3. The highest BCUT2D eigenvalue weighted by molar-refractivity contribution is 5.36. The first-order valence-electron chi connectivity index (χ1n) is 8.51. The number of piperidine rings is 1. The molecule has 4 heteroatoms. The van der Waals surface area contributed by atoms with Gasteiger partial charge in [0.25, 0.3) is 0 Å². The first-order valence-corrected chi connectivity index (χ1v) is 8.51. The van der Waals surface area contributed by atoms with Crippen LogP contribution < -0.4 is 4.74 Å². The normalized spacial score (nSPS) is 30.7. The molecule has 0 spiro atoms. The first-order chi connectivity index (χ1) is 11.1. The largest absolute Gasteiger partial charge is 0.497 e. The number of benzene rings is 1. The molecule has 0 aromatic heterocycles. The topological polar surface area (TPSA) is 30.9 Å². The van der Waals surface area contributed by atoms with E-state index in [0.717, 1.165) is 44.5 Å². The Hall–Kier alpha value is -1.10. The van der Waals surface area contributed by atoms with Crippen LogP contribution >= 0.6 is 0 Å². The summed E-state index contributed by atoms with van der Waals surface area (Å²) < 4.78 is 17.2. The molecule has 1 aliphatic carbocycles. The highest BCUT2D eigenvalue weighted by atomic mass is 16.7. The lowest BCUT2D eigenvalue weighted by Crippen LogP contribution is -2.57. The second kappa shape index (κ2) is 6.42. The van der Waals surface area contributed by atoms with Gasteiger partial charge in [-0.2, -0.15) is 0 Å². The lowest BCUT2D eigenvalue weighted by Gasteiger charge is -2.55. The summed E-state index contributed by atoms with van der Waals surface area (Å²) in [6.07, 6.45) is 4.14. The van der Waals surface area contributed by atoms with E-state index < -0.39 is 5.79 Å². The van der Waals surface area contributed by atoms with Crippen molar-refractivity contribution in [1.29, 1.82) is 0 Å². The molecule has 1 aromatic carbocycles. The van der Waals surface area contributed by atoms with E-state index in [1.54, 1.807) is 21.3 Å². The molecule has 0 N–H and O–H groups in total. The zero-order valence-corrected chi connectivity index (χ0v) is 14.8. The third-order valence-corrected chi connectivity index (χ3v) is 6.10. The average molecular weight is 319 g/mol. The Labute approximate surface area is 139 Å². The third-order valence-electron chi connectivity index (χ3n) is 6.10. The van der Waals surface area contributed by atoms with Gasteiger partial charge in [-0.05, 0) is 50.0 Å². The van der Waals surface area contributed by atoms with E-state index in [4.69, 9.17) is 14.2 Å². The van der Waals surface area contributed by atoms with Crippen LogP contribution in [0.3, 0.4) is 0 Å². The predicted octanol–water partition coefficient (Wildman–Crippen LogP) is 3.06. The Morgan fingerprint density at radius 2 is 1.91 bits per heavy atom. The molecule has 128 valence electrons. The Balaban J connectivity index is 2.03. The summed E-state index contributed by atoms with van der Waals surface area (Å²) >= 11 is 0. The maximum absolute atomic E-state index is 5.84. The van der Waals surface area contributed by atoms with Crippen LogP contribution in [0.25, 0.3) is 0 Å². The van der Waals surface area contributed by atoms with Crippen LogP contribution in [-0.4, -0.2) is 52.2 Å². The number of ether oxygens (including phenoxy) is 3. The molecule has 1 aromatic rings. The van der Waals surface area contributed by atoms with Crippen molar-refractivity contribution in [3.05, 3.63) is 29.8 Å². The fourth-order valence-corrected chi connectivity index (χ4v) is 4.65. The van der Waals surface area contributed by atoms with Gasteiger partial charge in [0.2, 0.25) is 0 Å². The number of methoxy groups -OCH3 is 3. The second-order valence-corrected chi connectivity index (χ2v) is 7.13. The van der Waals surface area contributed by atoms with Crippen LogP contribution in [0.5, 0.6) is 5.75 Å². The van der Waals surface area contributed by atoms with Crippen LogP contribution in [0.4, 0.5) is 0 Å². The van der Waals surface area contributed by atoms with Gasteiger partial charge < -0.3 is 19.1 Å². The molecule has 4 nitrogen and oxygen atoms in total. The minimum Gasteiger partial charge on any atom is -0.497 e. The molecule has 3 rings (SSSR count). The van der Waals surface area contributed by atoms with Crippen LogP contribution in [-0.2, 0) is 14.9 Å². The molecule has 1 heterocycles. The van der Waals surface area contributed by atoms with E-state index in [-0.39, 0.29) is 5.41 Å². The van der Waals surface area contributed by atoms with Gasteiger partial charge in [-0.1, -0.05) is 12.1 Å². The monoisotopic (exact) mass is 319 g/mol. The van der Waals surface area contributed by atoms with Gasteiger partial charge in [0.1, 0.15) is 5.75 Å². The molecule has 1 aliphatic heterocycles. The van der Waals surface area contributed by atoms with Gasteiger partial charge in [-0.25, -0.2) is 0 Å². The zero-order chi connectivity index (χ0) is 16.5. The number of rotatable bonds is 4. The minimum atomic E-state index is -0.463. The van der Waals surface area contributed by atoms with Gasteiger partial charge in [-0.15, -0.1) is 0 Å². The molecule has 2 aliphatic rings. The van der Waals surface area contributed by atoms with Crippen molar-refractivity contribution in [2.75, 3.05) is 41.5 Å². The summed E-state index contributed by atoms with van der Waals surface area (Å²) in [7, 11) is 7.51. The number of fused-ring (bicyclic) bond motifs is 1. The maximum atomic E-state index is 5.84. The Kier molecular flexibility index (Phi) is 4.68. The lowest BCUT2D eigenvalue weighted by atomic mass is 9.57. The smallest absolute Gasteiger partial charge is 0.168 e. The van der Waals surface area contributed by atoms with Crippen molar-refractivity contribution >= 4 is 0 Å². The van der Waals surface area contributed by atoms with E-state index in [9.17, 15) is 0 Å². The molecule has 0 radical (unpaired) electrons. The highest BCUT2D eigenvalue weighted by Crippen LogP contribution is 2.53. The maximum Gasteiger partial charge on any atom is 0.168 e. The van der Waals surface area contributed by atoms with Gasteiger partial charge in [0.05, 0.1) is 7.11 Å². The Morgan fingerprint density at radius 3 is 2.61 bits per heavy atom. The van der Waals surface area contributed by atoms with Crippen LogP contribution in [0.15, 0.2) is 24.3 Å². The Bertz CT molecular complexity index is 543. The molecule has 0 bridgehead atoms. The third kappa shape index (κ3) is 2.88. The summed E-state index contributed by atoms with van der Waals surface area (Å²) in [4.78, 5) is 2.45. The minimum absolute atomic E-state index is 0.103. The van der Waals surface area contributed by atoms with Crippen molar-refractivity contribution in [2.24, 2.45) is 5.92 Å². The summed E-state index contributed by atoms with van der Waals surface area (Å²) in [6, 6.07) is 8.59. The summed E-state index contributed by atoms with van der Waals surface area (Å²) in [5, 5.41) is 0. The van der Waals surface area contributed by atoms with E-state index in [0.29, 0.717) is 5.92 Å². The Morgan fingerprint density at radius 1 is 1.13 bits per heavy atom. The SMILES string of the molecule is COc1cccc([C@]23CCN(C)C[C@@H]2CCC(OC)(OC)C3)c1. The molecule has 23 heavy (non-hydrogen) atoms. The molecule has 2 atom stereocenters. The molecule has 0 amide bonds. The highest BCUT2D eigenvalue weighted by Gasteiger charge is 2.53. The number of hydrogen-bond acceptors (Lipinski definition) is 4. The second-order valence-electron chi connectivity index (χ2n) is 7.13. The van der Waals surface area contributed by atoms with Crippen molar-refractivity contribution in [2.45, 2.75) is 36.9 Å². The summed E-state index contributed by atoms with van der Waals surface area (Å²) in [5.74, 6) is 1.10. The van der Waals surface area contributed by atoms with E-state index in [1.165, 1.54) is 5.56 Å². The average Bonchev–Trinajstić information content (AvgIpc) is 2.61. The molecule has 1 saturated carbocycles.